The van der Waals surface area contributed by atoms with Gasteiger partial charge in [-0.05, 0) is 59.6 Å². The van der Waals surface area contributed by atoms with Crippen LogP contribution in [0.2, 0.25) is 0 Å². The number of piperidine rings is 1. The molecule has 2 heterocycles. The summed E-state index contributed by atoms with van der Waals surface area (Å²) in [7, 11) is 0. The van der Waals surface area contributed by atoms with E-state index in [1.807, 2.05) is 59.5 Å². The molecule has 0 radical (unpaired) electrons. The molecule has 3 aromatic carbocycles. The van der Waals surface area contributed by atoms with Gasteiger partial charge in [0, 0.05) is 18.7 Å². The molecule has 2 N–H and O–H groups in total. The fourth-order valence-electron chi connectivity index (χ4n) is 5.12. The molecule has 0 aromatic heterocycles. The highest BCUT2D eigenvalue weighted by Crippen LogP contribution is 2.39. The average molecular weight is 539 g/mol. The fourth-order valence-corrected chi connectivity index (χ4v) is 5.12. The second-order valence-electron chi connectivity index (χ2n) is 10.1. The minimum atomic E-state index is -4.94. The molecule has 0 saturated carbocycles. The van der Waals surface area contributed by atoms with Crippen molar-refractivity contribution >= 4 is 11.6 Å². The maximum Gasteiger partial charge on any atom is 0.458 e. The zero-order chi connectivity index (χ0) is 27.6. The van der Waals surface area contributed by atoms with Crippen LogP contribution in [0.15, 0.2) is 84.0 Å². The molecule has 2 aliphatic rings. The van der Waals surface area contributed by atoms with E-state index in [1.165, 1.54) is 0 Å². The van der Waals surface area contributed by atoms with Crippen molar-refractivity contribution in [3.8, 4) is 11.1 Å². The maximum atomic E-state index is 13.0. The van der Waals surface area contributed by atoms with Crippen LogP contribution in [-0.4, -0.2) is 57.9 Å². The van der Waals surface area contributed by atoms with Gasteiger partial charge in [0.1, 0.15) is 0 Å². The number of hydrogen-bond donors (Lipinski definition) is 2. The van der Waals surface area contributed by atoms with Crippen LogP contribution in [0, 0.1) is 5.92 Å². The van der Waals surface area contributed by atoms with Gasteiger partial charge in [-0.2, -0.15) is 13.2 Å². The van der Waals surface area contributed by atoms with Crippen molar-refractivity contribution in [2.24, 2.45) is 11.1 Å². The Morgan fingerprint density at radius 2 is 1.64 bits per heavy atom. The Morgan fingerprint density at radius 3 is 2.28 bits per heavy atom. The predicted molar refractivity (Wildman–Crippen MR) is 140 cm³/mol. The molecule has 1 amide bonds. The van der Waals surface area contributed by atoms with Crippen LogP contribution in [-0.2, 0) is 11.3 Å². The van der Waals surface area contributed by atoms with Gasteiger partial charge in [0.25, 0.3) is 5.91 Å². The Hall–Kier alpha value is -3.69. The van der Waals surface area contributed by atoms with Crippen LogP contribution in [0.3, 0.4) is 0 Å². The SMILES string of the molecule is O=C(c1ccccc1)N1CCC(C(O)Cc2cccc(-c3ccc(C4=NOC(O)(C(F)(F)F)C4)cc3)c2)CC1. The van der Waals surface area contributed by atoms with E-state index < -0.39 is 24.5 Å². The van der Waals surface area contributed by atoms with Crippen molar-refractivity contribution < 1.29 is 33.0 Å². The van der Waals surface area contributed by atoms with Crippen molar-refractivity contribution in [3.63, 3.8) is 0 Å². The monoisotopic (exact) mass is 538 g/mol. The molecular weight excluding hydrogens is 509 g/mol. The van der Waals surface area contributed by atoms with Gasteiger partial charge in [0.2, 0.25) is 0 Å². The number of benzene rings is 3. The number of carbonyl (C=O) groups is 1. The number of aliphatic hydroxyl groups excluding tert-OH is 1. The Kier molecular flexibility index (Phi) is 7.46. The highest BCUT2D eigenvalue weighted by molar-refractivity contribution is 6.01. The van der Waals surface area contributed by atoms with Crippen LogP contribution in [0.5, 0.6) is 0 Å². The Balaban J connectivity index is 1.18. The summed E-state index contributed by atoms with van der Waals surface area (Å²) < 4.78 is 39.0. The third-order valence-electron chi connectivity index (χ3n) is 7.47. The zero-order valence-corrected chi connectivity index (χ0v) is 21.1. The molecular formula is C30H29F3N2O4. The number of rotatable bonds is 6. The third kappa shape index (κ3) is 5.84. The quantitative estimate of drug-likeness (QED) is 0.453. The predicted octanol–water partition coefficient (Wildman–Crippen LogP) is 5.18. The molecule has 1 fully saturated rings. The Bertz CT molecular complexity index is 1340. The van der Waals surface area contributed by atoms with Crippen LogP contribution < -0.4 is 0 Å². The summed E-state index contributed by atoms with van der Waals surface area (Å²) in [5, 5.41) is 24.1. The van der Waals surface area contributed by atoms with Crippen molar-refractivity contribution in [2.75, 3.05) is 13.1 Å². The molecule has 2 unspecified atom stereocenters. The lowest BCUT2D eigenvalue weighted by Crippen LogP contribution is -2.45. The van der Waals surface area contributed by atoms with Crippen molar-refractivity contribution in [3.05, 3.63) is 95.6 Å². The molecule has 1 saturated heterocycles. The van der Waals surface area contributed by atoms with E-state index in [4.69, 9.17) is 0 Å². The second-order valence-corrected chi connectivity index (χ2v) is 10.1. The highest BCUT2D eigenvalue weighted by Gasteiger charge is 2.60. The molecule has 2 atom stereocenters. The van der Waals surface area contributed by atoms with Gasteiger partial charge in [0.15, 0.2) is 0 Å². The molecule has 39 heavy (non-hydrogen) atoms. The minimum absolute atomic E-state index is 0.0193. The smallest absolute Gasteiger partial charge is 0.392 e. The summed E-state index contributed by atoms with van der Waals surface area (Å²) in [5.41, 5.74) is 3.86. The number of amides is 1. The van der Waals surface area contributed by atoms with Gasteiger partial charge < -0.3 is 20.0 Å². The van der Waals surface area contributed by atoms with Crippen molar-refractivity contribution in [1.82, 2.24) is 4.90 Å². The molecule has 0 aliphatic carbocycles. The third-order valence-corrected chi connectivity index (χ3v) is 7.47. The highest BCUT2D eigenvalue weighted by atomic mass is 19.4. The van der Waals surface area contributed by atoms with E-state index >= 15 is 0 Å². The first-order chi connectivity index (χ1) is 18.6. The molecule has 9 heteroatoms. The van der Waals surface area contributed by atoms with Crippen LogP contribution in [0.25, 0.3) is 11.1 Å². The van der Waals surface area contributed by atoms with Crippen molar-refractivity contribution in [2.45, 2.75) is 43.8 Å². The van der Waals surface area contributed by atoms with Crippen molar-refractivity contribution in [1.29, 1.82) is 0 Å². The van der Waals surface area contributed by atoms with Crippen LogP contribution >= 0.6 is 0 Å². The van der Waals surface area contributed by atoms with Gasteiger partial charge >= 0.3 is 12.0 Å². The average Bonchev–Trinajstić information content (AvgIpc) is 3.37. The van der Waals surface area contributed by atoms with Gasteiger partial charge in [-0.25, -0.2) is 0 Å². The van der Waals surface area contributed by atoms with Crippen LogP contribution in [0.1, 0.15) is 40.7 Å². The first-order valence-electron chi connectivity index (χ1n) is 12.9. The molecule has 5 rings (SSSR count). The lowest BCUT2D eigenvalue weighted by Gasteiger charge is -2.34. The number of alkyl halides is 3. The Labute approximate surface area is 224 Å². The largest absolute Gasteiger partial charge is 0.458 e. The number of hydrogen-bond acceptors (Lipinski definition) is 5. The molecule has 3 aromatic rings. The van der Waals surface area contributed by atoms with E-state index in [-0.39, 0.29) is 17.5 Å². The first kappa shape index (κ1) is 26.9. The number of likely N-dealkylation sites (tertiary alicyclic amines) is 1. The normalized spacial score (nSPS) is 20.8. The van der Waals surface area contributed by atoms with Gasteiger partial charge in [0.05, 0.1) is 18.2 Å². The summed E-state index contributed by atoms with van der Waals surface area (Å²) in [5.74, 6) is -3.19. The summed E-state index contributed by atoms with van der Waals surface area (Å²) in [4.78, 5) is 18.8. The lowest BCUT2D eigenvalue weighted by molar-refractivity contribution is -0.355. The van der Waals surface area contributed by atoms with E-state index in [0.29, 0.717) is 30.6 Å². The number of carbonyl (C=O) groups excluding carboxylic acids is 1. The second kappa shape index (κ2) is 10.8. The summed E-state index contributed by atoms with van der Waals surface area (Å²) >= 11 is 0. The van der Waals surface area contributed by atoms with E-state index in [9.17, 15) is 28.2 Å². The fraction of sp³-hybridized carbons (Fsp3) is 0.333. The zero-order valence-electron chi connectivity index (χ0n) is 21.1. The number of halogens is 3. The number of aliphatic hydroxyl groups is 2. The summed E-state index contributed by atoms with van der Waals surface area (Å²) in [6, 6.07) is 23.8. The van der Waals surface area contributed by atoms with Gasteiger partial charge in [-0.15, -0.1) is 0 Å². The number of nitrogens with zero attached hydrogens (tertiary/aromatic N) is 2. The lowest BCUT2D eigenvalue weighted by atomic mass is 9.87. The standard InChI is InChI=1S/C30H29F3N2O4/c31-30(32,33)29(38)19-26(34-39-29)22-11-9-21(10-12-22)25-8-4-5-20(17-25)18-27(36)23-13-15-35(16-14-23)28(37)24-6-2-1-3-7-24/h1-12,17,23,27,36,38H,13-16,18-19H2. The first-order valence-corrected chi connectivity index (χ1v) is 12.9. The van der Waals surface area contributed by atoms with E-state index in [1.54, 1.807) is 24.3 Å². The molecule has 2 aliphatic heterocycles. The summed E-state index contributed by atoms with van der Waals surface area (Å²) in [6.45, 7) is 1.22. The van der Waals surface area contributed by atoms with E-state index in [0.717, 1.165) is 29.5 Å². The van der Waals surface area contributed by atoms with E-state index in [2.05, 4.69) is 9.99 Å². The molecule has 204 valence electrons. The molecule has 6 nitrogen and oxygen atoms in total. The topological polar surface area (TPSA) is 82.4 Å². The Morgan fingerprint density at radius 1 is 0.974 bits per heavy atom. The number of oxime groups is 1. The molecule has 0 spiro atoms. The summed E-state index contributed by atoms with van der Waals surface area (Å²) in [6.07, 6.45) is -4.31. The van der Waals surface area contributed by atoms with Gasteiger partial charge in [-0.1, -0.05) is 71.9 Å². The van der Waals surface area contributed by atoms with Crippen LogP contribution in [0.4, 0.5) is 13.2 Å². The minimum Gasteiger partial charge on any atom is -0.392 e. The maximum absolute atomic E-state index is 13.0. The van der Waals surface area contributed by atoms with Gasteiger partial charge in [-0.3, -0.25) is 4.79 Å². The molecule has 0 bridgehead atoms.